The number of hydrogen-bond acceptors (Lipinski definition) is 4. The monoisotopic (exact) mass is 307 g/mol. The van der Waals surface area contributed by atoms with Crippen LogP contribution in [0, 0.1) is 17.0 Å². The fourth-order valence-corrected chi connectivity index (χ4v) is 2.01. The highest BCUT2D eigenvalue weighted by Crippen LogP contribution is 2.33. The Bertz CT molecular complexity index is 729. The van der Waals surface area contributed by atoms with Crippen LogP contribution in [-0.4, -0.2) is 16.0 Å². The second kappa shape index (κ2) is 5.80. The molecule has 108 valence electrons. The Morgan fingerprint density at radius 1 is 1.33 bits per heavy atom. The van der Waals surface area contributed by atoms with E-state index in [4.69, 9.17) is 21.4 Å². The lowest BCUT2D eigenvalue weighted by atomic mass is 10.1. The largest absolute Gasteiger partial charge is 0.478 e. The van der Waals surface area contributed by atoms with E-state index >= 15 is 0 Å². The van der Waals surface area contributed by atoms with E-state index < -0.39 is 10.9 Å². The number of carboxylic acids is 1. The second-order valence-corrected chi connectivity index (χ2v) is 4.64. The second-order valence-electron chi connectivity index (χ2n) is 4.23. The van der Waals surface area contributed by atoms with Crippen molar-refractivity contribution in [3.63, 3.8) is 0 Å². The molecule has 1 N–H and O–H groups in total. The molecule has 0 aliphatic rings. The van der Waals surface area contributed by atoms with Crippen LogP contribution in [0.4, 0.5) is 5.69 Å². The first-order chi connectivity index (χ1) is 9.90. The first kappa shape index (κ1) is 14.8. The Hall–Kier alpha value is -2.60. The molecule has 0 aliphatic heterocycles. The molecule has 0 unspecified atom stereocenters. The van der Waals surface area contributed by atoms with Gasteiger partial charge >= 0.3 is 5.97 Å². The zero-order valence-corrected chi connectivity index (χ0v) is 11.6. The van der Waals surface area contributed by atoms with E-state index in [1.165, 1.54) is 24.3 Å². The zero-order chi connectivity index (χ0) is 15.6. The number of nitro benzene ring substituents is 1. The van der Waals surface area contributed by atoms with Crippen molar-refractivity contribution in [1.82, 2.24) is 0 Å². The number of nitrogens with zero attached hydrogens (tertiary/aromatic N) is 1. The molecule has 21 heavy (non-hydrogen) atoms. The van der Waals surface area contributed by atoms with Crippen molar-refractivity contribution in [1.29, 1.82) is 0 Å². The molecule has 0 amide bonds. The first-order valence-electron chi connectivity index (χ1n) is 5.85. The molecule has 0 radical (unpaired) electrons. The number of rotatable bonds is 4. The van der Waals surface area contributed by atoms with E-state index in [2.05, 4.69) is 0 Å². The van der Waals surface area contributed by atoms with Crippen molar-refractivity contribution in [2.75, 3.05) is 0 Å². The number of ether oxygens (including phenoxy) is 1. The van der Waals surface area contributed by atoms with Gasteiger partial charge in [-0.05, 0) is 24.6 Å². The lowest BCUT2D eigenvalue weighted by molar-refractivity contribution is -0.384. The first-order valence-corrected chi connectivity index (χ1v) is 6.22. The fraction of sp³-hybridized carbons (Fsp3) is 0.0714. The van der Waals surface area contributed by atoms with E-state index in [1.54, 1.807) is 19.1 Å². The molecule has 0 bridgehead atoms. The lowest BCUT2D eigenvalue weighted by Crippen LogP contribution is -2.01. The highest BCUT2D eigenvalue weighted by atomic mass is 35.5. The van der Waals surface area contributed by atoms with Crippen molar-refractivity contribution in [3.05, 3.63) is 62.7 Å². The highest BCUT2D eigenvalue weighted by molar-refractivity contribution is 6.32. The van der Waals surface area contributed by atoms with Crippen LogP contribution in [0.1, 0.15) is 15.9 Å². The van der Waals surface area contributed by atoms with Crippen molar-refractivity contribution in [3.8, 4) is 11.5 Å². The summed E-state index contributed by atoms with van der Waals surface area (Å²) in [5, 5.41) is 19.8. The molecule has 0 atom stereocenters. The molecular formula is C14H10ClNO5. The Morgan fingerprint density at radius 3 is 2.62 bits per heavy atom. The summed E-state index contributed by atoms with van der Waals surface area (Å²) in [6, 6.07) is 8.57. The summed E-state index contributed by atoms with van der Waals surface area (Å²) in [6.45, 7) is 1.70. The van der Waals surface area contributed by atoms with E-state index in [1.807, 2.05) is 0 Å². The highest BCUT2D eigenvalue weighted by Gasteiger charge is 2.17. The van der Waals surface area contributed by atoms with Gasteiger partial charge in [0.25, 0.3) is 5.69 Å². The van der Waals surface area contributed by atoms with Gasteiger partial charge < -0.3 is 9.84 Å². The number of hydrogen-bond donors (Lipinski definition) is 1. The smallest absolute Gasteiger partial charge is 0.339 e. The molecule has 2 aromatic rings. The maximum absolute atomic E-state index is 11.2. The van der Waals surface area contributed by atoms with Gasteiger partial charge in [-0.15, -0.1) is 0 Å². The van der Waals surface area contributed by atoms with E-state index in [9.17, 15) is 14.9 Å². The standard InChI is InChI=1S/C14H10ClNO5/c1-8-3-2-4-10(14(17)18)13(8)21-9-5-6-12(16(19)20)11(15)7-9/h2-7H,1H3,(H,17,18). The minimum absolute atomic E-state index is 0.00414. The van der Waals surface area contributed by atoms with Gasteiger partial charge in [-0.1, -0.05) is 23.7 Å². The molecule has 7 heteroatoms. The third kappa shape index (κ3) is 3.11. The Balaban J connectivity index is 2.41. The lowest BCUT2D eigenvalue weighted by Gasteiger charge is -2.11. The molecule has 0 saturated heterocycles. The van der Waals surface area contributed by atoms with Gasteiger partial charge in [-0.3, -0.25) is 10.1 Å². The van der Waals surface area contributed by atoms with E-state index in [0.717, 1.165) is 0 Å². The normalized spacial score (nSPS) is 10.2. The third-order valence-corrected chi connectivity index (χ3v) is 3.08. The predicted molar refractivity (Wildman–Crippen MR) is 76.3 cm³/mol. The summed E-state index contributed by atoms with van der Waals surface area (Å²) in [5.41, 5.74) is 0.390. The fourth-order valence-electron chi connectivity index (χ4n) is 1.77. The number of carboxylic acid groups (broad SMARTS) is 1. The Kier molecular flexibility index (Phi) is 4.09. The number of benzene rings is 2. The SMILES string of the molecule is Cc1cccc(C(=O)O)c1Oc1ccc([N+](=O)[O-])c(Cl)c1. The Morgan fingerprint density at radius 2 is 2.05 bits per heavy atom. The number of aryl methyl sites for hydroxylation is 1. The summed E-state index contributed by atoms with van der Waals surface area (Å²) in [6.07, 6.45) is 0. The van der Waals surface area contributed by atoms with Crippen molar-refractivity contribution in [2.24, 2.45) is 0 Å². The van der Waals surface area contributed by atoms with Crippen LogP contribution in [0.15, 0.2) is 36.4 Å². The topological polar surface area (TPSA) is 89.7 Å². The molecular weight excluding hydrogens is 298 g/mol. The van der Waals surface area contributed by atoms with Gasteiger partial charge in [-0.25, -0.2) is 4.79 Å². The van der Waals surface area contributed by atoms with Crippen molar-refractivity contribution < 1.29 is 19.6 Å². The van der Waals surface area contributed by atoms with Crippen molar-refractivity contribution >= 4 is 23.3 Å². The summed E-state index contributed by atoms with van der Waals surface area (Å²) in [4.78, 5) is 21.3. The molecule has 0 fully saturated rings. The quantitative estimate of drug-likeness (QED) is 0.680. The molecule has 6 nitrogen and oxygen atoms in total. The summed E-state index contributed by atoms with van der Waals surface area (Å²) in [5.74, 6) is -0.723. The minimum Gasteiger partial charge on any atom is -0.478 e. The minimum atomic E-state index is -1.12. The van der Waals surface area contributed by atoms with Crippen LogP contribution in [0.5, 0.6) is 11.5 Å². The van der Waals surface area contributed by atoms with Gasteiger partial charge in [0.1, 0.15) is 22.1 Å². The molecule has 2 rings (SSSR count). The van der Waals surface area contributed by atoms with Crippen LogP contribution in [0.3, 0.4) is 0 Å². The third-order valence-electron chi connectivity index (χ3n) is 2.78. The van der Waals surface area contributed by atoms with E-state index in [0.29, 0.717) is 5.56 Å². The molecule has 2 aromatic carbocycles. The number of aromatic carboxylic acids is 1. The van der Waals surface area contributed by atoms with E-state index in [-0.39, 0.29) is 27.8 Å². The number of halogens is 1. The van der Waals surface area contributed by atoms with Gasteiger partial charge in [0.05, 0.1) is 4.92 Å². The van der Waals surface area contributed by atoms with Crippen molar-refractivity contribution in [2.45, 2.75) is 6.92 Å². The average molecular weight is 308 g/mol. The van der Waals surface area contributed by atoms with Crippen LogP contribution in [-0.2, 0) is 0 Å². The summed E-state index contributed by atoms with van der Waals surface area (Å²) < 4.78 is 5.53. The molecule has 0 heterocycles. The van der Waals surface area contributed by atoms with Crippen LogP contribution < -0.4 is 4.74 Å². The maximum atomic E-state index is 11.2. The van der Waals surface area contributed by atoms with Crippen LogP contribution in [0.25, 0.3) is 0 Å². The average Bonchev–Trinajstić information content (AvgIpc) is 2.40. The molecule has 0 spiro atoms. The van der Waals surface area contributed by atoms with Gasteiger partial charge in [0.2, 0.25) is 0 Å². The van der Waals surface area contributed by atoms with Crippen LogP contribution in [0.2, 0.25) is 5.02 Å². The number of para-hydroxylation sites is 1. The molecule has 0 aromatic heterocycles. The summed E-state index contributed by atoms with van der Waals surface area (Å²) >= 11 is 5.79. The zero-order valence-electron chi connectivity index (χ0n) is 10.9. The van der Waals surface area contributed by atoms with Gasteiger partial charge in [0.15, 0.2) is 0 Å². The maximum Gasteiger partial charge on any atom is 0.339 e. The Labute approximate surface area is 124 Å². The molecule has 0 aliphatic carbocycles. The predicted octanol–water partition coefficient (Wildman–Crippen LogP) is 4.05. The van der Waals surface area contributed by atoms with Crippen LogP contribution >= 0.6 is 11.6 Å². The van der Waals surface area contributed by atoms with Gasteiger partial charge in [0, 0.05) is 12.1 Å². The number of nitro groups is 1. The summed E-state index contributed by atoms with van der Waals surface area (Å²) in [7, 11) is 0. The molecule has 0 saturated carbocycles. The number of carbonyl (C=O) groups is 1. The van der Waals surface area contributed by atoms with Gasteiger partial charge in [-0.2, -0.15) is 0 Å².